The van der Waals surface area contributed by atoms with Gasteiger partial charge in [0.05, 0.1) is 39.5 Å². The Balaban J connectivity index is 0.00000612. The molecule has 0 bridgehead atoms. The first kappa shape index (κ1) is 31.7. The van der Waals surface area contributed by atoms with Crippen molar-refractivity contribution in [2.45, 2.75) is 117 Å². The van der Waals surface area contributed by atoms with Crippen LogP contribution < -0.4 is 17.1 Å². The van der Waals surface area contributed by atoms with E-state index in [1.54, 1.807) is 0 Å². The molecule has 0 aromatic carbocycles. The zero-order valence-electron chi connectivity index (χ0n) is 23.1. The van der Waals surface area contributed by atoms with Gasteiger partial charge in [-0.05, 0) is 13.3 Å². The molecule has 1 aromatic heterocycles. The summed E-state index contributed by atoms with van der Waals surface area (Å²) in [6.07, 6.45) is 14.7. The van der Waals surface area contributed by atoms with Gasteiger partial charge in [-0.1, -0.05) is 58.3 Å². The second-order valence-corrected chi connectivity index (χ2v) is 10.9. The molecule has 0 atom stereocenters. The van der Waals surface area contributed by atoms with Crippen LogP contribution in [-0.4, -0.2) is 48.5 Å². The number of nitrogens with zero attached hydrogens (tertiary/aromatic N) is 2. The number of aryl methyl sites for hydroxylation is 1. The summed E-state index contributed by atoms with van der Waals surface area (Å²) < 4.78 is 18.2. The van der Waals surface area contributed by atoms with E-state index in [1.165, 1.54) is 44.9 Å². The van der Waals surface area contributed by atoms with Crippen molar-refractivity contribution in [1.82, 2.24) is 4.98 Å². The summed E-state index contributed by atoms with van der Waals surface area (Å²) in [5, 5.41) is 0. The van der Waals surface area contributed by atoms with Crippen molar-refractivity contribution in [2.75, 3.05) is 27.2 Å². The van der Waals surface area contributed by atoms with Crippen LogP contribution in [0.3, 0.4) is 0 Å². The lowest BCUT2D eigenvalue weighted by Gasteiger charge is -2.36. The quantitative estimate of drug-likeness (QED) is 0.193. The molecule has 6 nitrogen and oxygen atoms in total. The van der Waals surface area contributed by atoms with Gasteiger partial charge in [0.2, 0.25) is 5.79 Å². The van der Waals surface area contributed by atoms with Crippen LogP contribution in [0.15, 0.2) is 6.20 Å². The first-order valence-electron chi connectivity index (χ1n) is 13.4. The highest BCUT2D eigenvalue weighted by Crippen LogP contribution is 2.35. The van der Waals surface area contributed by atoms with Gasteiger partial charge in [0.1, 0.15) is 12.3 Å². The van der Waals surface area contributed by atoms with Gasteiger partial charge < -0.3 is 31.1 Å². The zero-order valence-corrected chi connectivity index (χ0v) is 23.8. The van der Waals surface area contributed by atoms with Crippen molar-refractivity contribution in [3.05, 3.63) is 23.0 Å². The molecule has 0 aliphatic carbocycles. The molecule has 0 unspecified atom stereocenters. The summed E-state index contributed by atoms with van der Waals surface area (Å²) in [7, 11) is 4.40. The molecular weight excluding hydrogens is 464 g/mol. The van der Waals surface area contributed by atoms with E-state index in [9.17, 15) is 4.79 Å². The molecule has 0 fully saturated rings. The summed E-state index contributed by atoms with van der Waals surface area (Å²) in [6.45, 7) is 10.9. The number of ether oxygens (including phenoxy) is 3. The number of hydrogen-bond donors (Lipinski definition) is 0. The van der Waals surface area contributed by atoms with Crippen LogP contribution in [0.2, 0.25) is 0 Å². The molecular formula is C28H49ClN2O4. The second-order valence-electron chi connectivity index (χ2n) is 10.9. The van der Waals surface area contributed by atoms with Crippen molar-refractivity contribution in [3.8, 4) is 5.75 Å². The standard InChI is InChI=1S/C28H49N2O4.ClH/c1-7-8-9-10-11-12-13-14-15-17-26(31)32-19-16-18-30(5,6)21-24-20-29-23(2)27-25(24)22-33-28(3,4)34-27;/h20H,7-19,21-22H2,1-6H3;1H/q+1;/p-1. The number of pyridine rings is 1. The fraction of sp³-hybridized carbons (Fsp3) is 0.786. The summed E-state index contributed by atoms with van der Waals surface area (Å²) in [4.78, 5) is 16.6. The van der Waals surface area contributed by atoms with Gasteiger partial charge in [-0.2, -0.15) is 0 Å². The van der Waals surface area contributed by atoms with E-state index in [4.69, 9.17) is 14.2 Å². The van der Waals surface area contributed by atoms with Gasteiger partial charge in [-0.25, -0.2) is 0 Å². The van der Waals surface area contributed by atoms with Gasteiger partial charge in [0, 0.05) is 44.0 Å². The Morgan fingerprint density at radius 1 is 1.06 bits per heavy atom. The number of unbranched alkanes of at least 4 members (excludes halogenated alkanes) is 8. The Morgan fingerprint density at radius 3 is 2.34 bits per heavy atom. The molecule has 7 heteroatoms. The maximum atomic E-state index is 12.0. The Hall–Kier alpha value is -1.37. The fourth-order valence-corrected chi connectivity index (χ4v) is 4.50. The largest absolute Gasteiger partial charge is 1.00 e. The lowest BCUT2D eigenvalue weighted by molar-refractivity contribution is -0.903. The number of carbonyl (C=O) groups is 1. The Kier molecular flexibility index (Phi) is 14.2. The predicted molar refractivity (Wildman–Crippen MR) is 137 cm³/mol. The minimum absolute atomic E-state index is 0. The van der Waals surface area contributed by atoms with Crippen molar-refractivity contribution < 1.29 is 35.9 Å². The SMILES string of the molecule is CCCCCCCCCCCC(=O)OCCC[N+](C)(C)Cc1cnc(C)c2c1COC(C)(C)O2.[Cl-]. The Morgan fingerprint density at radius 2 is 1.69 bits per heavy atom. The Labute approximate surface area is 220 Å². The van der Waals surface area contributed by atoms with E-state index >= 15 is 0 Å². The van der Waals surface area contributed by atoms with Crippen LogP contribution >= 0.6 is 0 Å². The minimum Gasteiger partial charge on any atom is -1.00 e. The minimum atomic E-state index is -0.624. The van der Waals surface area contributed by atoms with Crippen LogP contribution in [0.25, 0.3) is 0 Å². The van der Waals surface area contributed by atoms with Crippen molar-refractivity contribution in [3.63, 3.8) is 0 Å². The van der Waals surface area contributed by atoms with E-state index in [2.05, 4.69) is 26.0 Å². The number of carbonyl (C=O) groups excluding carboxylic acids is 1. The fourth-order valence-electron chi connectivity index (χ4n) is 4.50. The third-order valence-electron chi connectivity index (χ3n) is 6.57. The maximum absolute atomic E-state index is 12.0. The van der Waals surface area contributed by atoms with Gasteiger partial charge >= 0.3 is 5.97 Å². The van der Waals surface area contributed by atoms with Crippen LogP contribution in [-0.2, 0) is 27.4 Å². The average Bonchev–Trinajstić information content (AvgIpc) is 2.77. The molecule has 1 aromatic rings. The van der Waals surface area contributed by atoms with Crippen molar-refractivity contribution in [2.24, 2.45) is 0 Å². The number of aromatic nitrogens is 1. The predicted octanol–water partition coefficient (Wildman–Crippen LogP) is 3.47. The number of halogens is 1. The van der Waals surface area contributed by atoms with E-state index in [-0.39, 0.29) is 18.4 Å². The summed E-state index contributed by atoms with van der Waals surface area (Å²) in [5.41, 5.74) is 3.16. The van der Waals surface area contributed by atoms with E-state index in [1.807, 2.05) is 27.0 Å². The number of rotatable bonds is 16. The third kappa shape index (κ3) is 11.9. The molecule has 0 saturated carbocycles. The number of hydrogen-bond acceptors (Lipinski definition) is 5. The second kappa shape index (κ2) is 15.7. The number of fused-ring (bicyclic) bond motifs is 1. The normalized spacial score (nSPS) is 14.6. The summed E-state index contributed by atoms with van der Waals surface area (Å²) in [6, 6.07) is 0. The highest BCUT2D eigenvalue weighted by atomic mass is 35.5. The van der Waals surface area contributed by atoms with Gasteiger partial charge in [-0.15, -0.1) is 0 Å². The highest BCUT2D eigenvalue weighted by Gasteiger charge is 2.32. The smallest absolute Gasteiger partial charge is 0.305 e. The number of esters is 1. The maximum Gasteiger partial charge on any atom is 0.305 e. The van der Waals surface area contributed by atoms with Crippen LogP contribution in [0.5, 0.6) is 5.75 Å². The third-order valence-corrected chi connectivity index (χ3v) is 6.57. The molecule has 0 spiro atoms. The molecule has 202 valence electrons. The molecule has 35 heavy (non-hydrogen) atoms. The van der Waals surface area contributed by atoms with Crippen molar-refractivity contribution in [1.29, 1.82) is 0 Å². The zero-order chi connectivity index (χ0) is 25.0. The highest BCUT2D eigenvalue weighted by molar-refractivity contribution is 5.69. The molecule has 0 N–H and O–H groups in total. The van der Waals surface area contributed by atoms with Crippen LogP contribution in [0, 0.1) is 6.92 Å². The molecule has 0 amide bonds. The number of quaternary nitrogens is 1. The van der Waals surface area contributed by atoms with Crippen LogP contribution in [0.1, 0.15) is 108 Å². The lowest BCUT2D eigenvalue weighted by Crippen LogP contribution is -3.00. The van der Waals surface area contributed by atoms with Gasteiger partial charge in [0.25, 0.3) is 0 Å². The van der Waals surface area contributed by atoms with Crippen LogP contribution in [0.4, 0.5) is 0 Å². The lowest BCUT2D eigenvalue weighted by atomic mass is 10.1. The molecule has 2 heterocycles. The van der Waals surface area contributed by atoms with E-state index < -0.39 is 5.79 Å². The monoisotopic (exact) mass is 512 g/mol. The molecule has 2 rings (SSSR count). The summed E-state index contributed by atoms with van der Waals surface area (Å²) in [5.74, 6) is 0.182. The molecule has 1 aliphatic rings. The van der Waals surface area contributed by atoms with E-state index in [0.717, 1.165) is 59.4 Å². The van der Waals surface area contributed by atoms with E-state index in [0.29, 0.717) is 19.6 Å². The topological polar surface area (TPSA) is 57.7 Å². The molecule has 0 saturated heterocycles. The average molecular weight is 513 g/mol. The molecule has 0 radical (unpaired) electrons. The first-order valence-corrected chi connectivity index (χ1v) is 13.4. The van der Waals surface area contributed by atoms with Gasteiger partial charge in [0.15, 0.2) is 0 Å². The summed E-state index contributed by atoms with van der Waals surface area (Å²) >= 11 is 0. The first-order chi connectivity index (χ1) is 16.1. The van der Waals surface area contributed by atoms with Gasteiger partial charge in [-0.3, -0.25) is 9.78 Å². The van der Waals surface area contributed by atoms with Crippen molar-refractivity contribution >= 4 is 5.97 Å². The molecule has 1 aliphatic heterocycles. The Bertz CT molecular complexity index is 768.